The van der Waals surface area contributed by atoms with Gasteiger partial charge in [-0.15, -0.1) is 0 Å². The maximum Gasteiger partial charge on any atom is 0.495 e. The molecule has 1 aromatic carbocycles. The molecule has 0 radical (unpaired) electrons. The van der Waals surface area contributed by atoms with Crippen LogP contribution in [0.4, 0.5) is 0 Å². The molecular formula is C19H28BNO2. The molecule has 4 rings (SSSR count). The predicted molar refractivity (Wildman–Crippen MR) is 93.7 cm³/mol. The number of hydrogen-bond donors (Lipinski definition) is 0. The van der Waals surface area contributed by atoms with E-state index in [-0.39, 0.29) is 18.3 Å². The molecule has 3 fully saturated rings. The monoisotopic (exact) mass is 313 g/mol. The highest BCUT2D eigenvalue weighted by atomic mass is 16.7. The van der Waals surface area contributed by atoms with Crippen LogP contribution in [0.3, 0.4) is 0 Å². The molecule has 2 saturated heterocycles. The van der Waals surface area contributed by atoms with Crippen LogP contribution in [0.5, 0.6) is 0 Å². The van der Waals surface area contributed by atoms with Gasteiger partial charge in [-0.25, -0.2) is 0 Å². The fourth-order valence-electron chi connectivity index (χ4n) is 3.87. The molecule has 124 valence electrons. The lowest BCUT2D eigenvalue weighted by atomic mass is 9.76. The Labute approximate surface area is 140 Å². The Kier molecular flexibility index (Phi) is 3.46. The molecule has 23 heavy (non-hydrogen) atoms. The highest BCUT2D eigenvalue weighted by Gasteiger charge is 2.52. The average Bonchev–Trinajstić information content (AvgIpc) is 3.04. The van der Waals surface area contributed by atoms with Gasteiger partial charge < -0.3 is 9.31 Å². The van der Waals surface area contributed by atoms with Gasteiger partial charge in [0.1, 0.15) is 0 Å². The fourth-order valence-corrected chi connectivity index (χ4v) is 3.87. The van der Waals surface area contributed by atoms with E-state index in [1.807, 2.05) is 0 Å². The van der Waals surface area contributed by atoms with Gasteiger partial charge in [-0.1, -0.05) is 24.3 Å². The summed E-state index contributed by atoms with van der Waals surface area (Å²) in [6.45, 7) is 12.0. The Bertz CT molecular complexity index is 593. The van der Waals surface area contributed by atoms with Crippen LogP contribution in [0.15, 0.2) is 24.3 Å². The lowest BCUT2D eigenvalue weighted by molar-refractivity contribution is 0.00578. The number of likely N-dealkylation sites (tertiary alicyclic amines) is 1. The number of benzene rings is 1. The highest BCUT2D eigenvalue weighted by molar-refractivity contribution is 6.62. The summed E-state index contributed by atoms with van der Waals surface area (Å²) in [5.41, 5.74) is 2.67. The number of nitrogens with zero attached hydrogens (tertiary/aromatic N) is 1. The normalized spacial score (nSPS) is 27.7. The molecule has 0 amide bonds. The molecule has 0 bridgehead atoms. The van der Waals surface area contributed by atoms with Crippen LogP contribution in [0.25, 0.3) is 0 Å². The van der Waals surface area contributed by atoms with Gasteiger partial charge in [-0.3, -0.25) is 4.90 Å². The molecule has 3 nitrogen and oxygen atoms in total. The third-order valence-electron chi connectivity index (χ3n) is 6.43. The van der Waals surface area contributed by atoms with Gasteiger partial charge in [-0.05, 0) is 69.9 Å². The van der Waals surface area contributed by atoms with Crippen molar-refractivity contribution in [3.63, 3.8) is 0 Å². The van der Waals surface area contributed by atoms with E-state index >= 15 is 0 Å². The lowest BCUT2D eigenvalue weighted by Crippen LogP contribution is -2.41. The van der Waals surface area contributed by atoms with Crippen LogP contribution in [0.1, 0.15) is 52.5 Å². The van der Waals surface area contributed by atoms with Crippen molar-refractivity contribution in [1.29, 1.82) is 0 Å². The van der Waals surface area contributed by atoms with Gasteiger partial charge >= 0.3 is 7.12 Å². The quantitative estimate of drug-likeness (QED) is 0.801. The first-order valence-electron chi connectivity index (χ1n) is 8.96. The summed E-state index contributed by atoms with van der Waals surface area (Å²) in [6, 6.07) is 8.63. The highest BCUT2D eigenvalue weighted by Crippen LogP contribution is 2.52. The number of hydrogen-bond acceptors (Lipinski definition) is 3. The molecular weight excluding hydrogens is 285 g/mol. The Morgan fingerprint density at radius 1 is 1.00 bits per heavy atom. The second kappa shape index (κ2) is 5.08. The molecule has 0 N–H and O–H groups in total. The van der Waals surface area contributed by atoms with E-state index in [4.69, 9.17) is 9.31 Å². The van der Waals surface area contributed by atoms with Gasteiger partial charge in [0.2, 0.25) is 0 Å². The molecule has 2 heterocycles. The molecule has 4 heteroatoms. The first kappa shape index (κ1) is 15.7. The summed E-state index contributed by atoms with van der Waals surface area (Å²) in [6.07, 6.45) is 4.25. The van der Waals surface area contributed by atoms with Gasteiger partial charge in [0.05, 0.1) is 11.2 Å². The summed E-state index contributed by atoms with van der Waals surface area (Å²) >= 11 is 0. The summed E-state index contributed by atoms with van der Waals surface area (Å²) in [5, 5.41) is 0. The van der Waals surface area contributed by atoms with Crippen molar-refractivity contribution in [3.05, 3.63) is 29.8 Å². The van der Waals surface area contributed by atoms with E-state index in [1.54, 1.807) is 0 Å². The van der Waals surface area contributed by atoms with Crippen LogP contribution >= 0.6 is 0 Å². The zero-order valence-electron chi connectivity index (χ0n) is 14.9. The van der Waals surface area contributed by atoms with Crippen molar-refractivity contribution in [2.75, 3.05) is 13.1 Å². The minimum Gasteiger partial charge on any atom is -0.399 e. The summed E-state index contributed by atoms with van der Waals surface area (Å²) < 4.78 is 12.5. The molecule has 3 aliphatic rings. The van der Waals surface area contributed by atoms with Crippen molar-refractivity contribution in [2.24, 2.45) is 5.41 Å². The van der Waals surface area contributed by atoms with Crippen molar-refractivity contribution in [1.82, 2.24) is 4.90 Å². The smallest absolute Gasteiger partial charge is 0.399 e. The molecule has 1 aliphatic carbocycles. The lowest BCUT2D eigenvalue weighted by Gasteiger charge is -2.32. The van der Waals surface area contributed by atoms with Crippen molar-refractivity contribution >= 4 is 12.6 Å². The van der Waals surface area contributed by atoms with Gasteiger partial charge in [0, 0.05) is 13.1 Å². The Morgan fingerprint density at radius 2 is 1.65 bits per heavy atom. The first-order chi connectivity index (χ1) is 10.8. The Balaban J connectivity index is 1.54. The van der Waals surface area contributed by atoms with Crippen LogP contribution < -0.4 is 5.46 Å². The summed E-state index contributed by atoms with van der Waals surface area (Å²) in [5.74, 6) is 0. The molecule has 1 spiro atoms. The van der Waals surface area contributed by atoms with E-state index in [0.717, 1.165) is 6.54 Å². The van der Waals surface area contributed by atoms with Crippen LogP contribution in [-0.2, 0) is 15.9 Å². The van der Waals surface area contributed by atoms with Crippen molar-refractivity contribution in [3.8, 4) is 0 Å². The minimum atomic E-state index is -0.281. The zero-order valence-corrected chi connectivity index (χ0v) is 14.9. The second-order valence-electron chi connectivity index (χ2n) is 8.75. The molecule has 0 atom stereocenters. The second-order valence-corrected chi connectivity index (χ2v) is 8.75. The molecule has 1 aromatic rings. The van der Waals surface area contributed by atoms with Crippen LogP contribution in [0.2, 0.25) is 0 Å². The zero-order chi connectivity index (χ0) is 16.3. The van der Waals surface area contributed by atoms with E-state index in [2.05, 4.69) is 56.9 Å². The van der Waals surface area contributed by atoms with Crippen LogP contribution in [0, 0.1) is 5.41 Å². The van der Waals surface area contributed by atoms with Gasteiger partial charge in [0.25, 0.3) is 0 Å². The summed E-state index contributed by atoms with van der Waals surface area (Å²) in [4.78, 5) is 2.61. The average molecular weight is 313 g/mol. The first-order valence-corrected chi connectivity index (χ1v) is 8.96. The minimum absolute atomic E-state index is 0.256. The fraction of sp³-hybridized carbons (Fsp3) is 0.684. The maximum absolute atomic E-state index is 6.27. The third kappa shape index (κ3) is 2.75. The van der Waals surface area contributed by atoms with E-state index in [0.29, 0.717) is 5.41 Å². The molecule has 0 unspecified atom stereocenters. The molecule has 1 saturated carbocycles. The molecule has 0 aromatic heterocycles. The largest absolute Gasteiger partial charge is 0.495 e. The Hall–Kier alpha value is -0.835. The van der Waals surface area contributed by atoms with Gasteiger partial charge in [0.15, 0.2) is 0 Å². The van der Waals surface area contributed by atoms with E-state index in [1.165, 1.54) is 43.4 Å². The topological polar surface area (TPSA) is 21.7 Å². The predicted octanol–water partition coefficient (Wildman–Crippen LogP) is 2.97. The standard InChI is InChI=1S/C19H28BNO2/c1-17(2)18(3,4)23-20(22-17)16-8-6-5-7-15(16)13-21-12-11-19(14-21)9-10-19/h5-8H,9-14H2,1-4H3. The molecule has 2 aliphatic heterocycles. The van der Waals surface area contributed by atoms with Crippen molar-refractivity contribution < 1.29 is 9.31 Å². The summed E-state index contributed by atoms with van der Waals surface area (Å²) in [7, 11) is -0.256. The third-order valence-corrected chi connectivity index (χ3v) is 6.43. The number of rotatable bonds is 3. The SMILES string of the molecule is CC1(C)OB(c2ccccc2CN2CCC3(CC3)C2)OC1(C)C. The Morgan fingerprint density at radius 3 is 2.26 bits per heavy atom. The van der Waals surface area contributed by atoms with E-state index < -0.39 is 0 Å². The van der Waals surface area contributed by atoms with E-state index in [9.17, 15) is 0 Å². The van der Waals surface area contributed by atoms with Gasteiger partial charge in [-0.2, -0.15) is 0 Å². The maximum atomic E-state index is 6.27. The van der Waals surface area contributed by atoms with Crippen molar-refractivity contribution in [2.45, 2.75) is 64.7 Å². The van der Waals surface area contributed by atoms with Crippen LogP contribution in [-0.4, -0.2) is 36.3 Å².